The molecular weight excluding hydrogens is 627 g/mol. The number of aryl methyl sites for hydroxylation is 2. The Kier molecular flexibility index (Phi) is 11.1. The third-order valence-electron chi connectivity index (χ3n) is 12.4. The summed E-state index contributed by atoms with van der Waals surface area (Å²) in [5, 5.41) is 0. The number of rotatable bonds is 14. The molecule has 268 valence electrons. The van der Waals surface area contributed by atoms with E-state index in [0.29, 0.717) is 5.92 Å². The quantitative estimate of drug-likeness (QED) is 0.105. The first-order valence-electron chi connectivity index (χ1n) is 19.8. The van der Waals surface area contributed by atoms with Crippen LogP contribution in [0.5, 0.6) is 0 Å². The fourth-order valence-electron chi connectivity index (χ4n) is 8.12. The molecule has 0 saturated carbocycles. The summed E-state index contributed by atoms with van der Waals surface area (Å²) in [7, 11) is 0. The summed E-state index contributed by atoms with van der Waals surface area (Å²) in [5.74, 6) is 0.460. The second-order valence-electron chi connectivity index (χ2n) is 15.7. The zero-order valence-electron chi connectivity index (χ0n) is 33.0. The van der Waals surface area contributed by atoms with Crippen molar-refractivity contribution in [1.29, 1.82) is 0 Å². The van der Waals surface area contributed by atoms with E-state index in [2.05, 4.69) is 182 Å². The van der Waals surface area contributed by atoms with Crippen LogP contribution >= 0.6 is 0 Å². The lowest BCUT2D eigenvalue weighted by atomic mass is 9.74. The van der Waals surface area contributed by atoms with Gasteiger partial charge in [-0.3, -0.25) is 0 Å². The van der Waals surface area contributed by atoms with E-state index < -0.39 is 0 Å². The molecule has 0 aliphatic heterocycles. The lowest BCUT2D eigenvalue weighted by molar-refractivity contribution is 0.428. The summed E-state index contributed by atoms with van der Waals surface area (Å²) in [4.78, 5) is 2.57. The van der Waals surface area contributed by atoms with Crippen LogP contribution in [0.25, 0.3) is 33.4 Å². The molecule has 1 atom stereocenters. The normalized spacial score (nSPS) is 13.7. The van der Waals surface area contributed by atoms with E-state index in [-0.39, 0.29) is 11.0 Å². The zero-order chi connectivity index (χ0) is 37.0. The number of hydrogen-bond donors (Lipinski definition) is 0. The second kappa shape index (κ2) is 15.5. The van der Waals surface area contributed by atoms with Gasteiger partial charge in [-0.1, -0.05) is 152 Å². The van der Waals surface area contributed by atoms with Crippen molar-refractivity contribution < 1.29 is 0 Å². The van der Waals surface area contributed by atoms with E-state index in [1.54, 1.807) is 0 Å². The molecule has 1 aliphatic carbocycles. The van der Waals surface area contributed by atoms with Gasteiger partial charge in [0.1, 0.15) is 0 Å². The minimum atomic E-state index is -0.0560. The summed E-state index contributed by atoms with van der Waals surface area (Å²) in [6, 6.07) is 41.8. The molecule has 0 spiro atoms. The zero-order valence-corrected chi connectivity index (χ0v) is 33.0. The van der Waals surface area contributed by atoms with Gasteiger partial charge in [0, 0.05) is 22.3 Å². The number of fused-ring (bicyclic) bond motifs is 1. The Labute approximate surface area is 315 Å². The molecule has 0 aromatic heterocycles. The van der Waals surface area contributed by atoms with Crippen molar-refractivity contribution >= 4 is 11.4 Å². The van der Waals surface area contributed by atoms with Crippen molar-refractivity contribution in [1.82, 2.24) is 0 Å². The van der Waals surface area contributed by atoms with Crippen LogP contribution in [0.4, 0.5) is 11.4 Å². The topological polar surface area (TPSA) is 3.24 Å². The molecule has 0 fully saturated rings. The second-order valence-corrected chi connectivity index (χ2v) is 15.7. The molecule has 0 N–H and O–H groups in total. The van der Waals surface area contributed by atoms with Crippen molar-refractivity contribution in [3.8, 4) is 33.4 Å². The number of nitrogens with zero attached hydrogens (tertiary/aromatic N) is 1. The standard InChI is InChI=1S/C51H59N/c1-10-16-44(12-3)50(7,8)45-27-32-48(49(35-45)36(6)11-2)39-25-30-47(31-26-39)52(51(9,13-4)14-5)46-28-23-38(24-29-46)40-17-15-18-41(33-40)43-22-20-37-19-21-42(37)34-43/h10,15-18,20,22-36H,1,11-14,19,21H2,2-9H3/b44-16+. The Morgan fingerprint density at radius 3 is 1.79 bits per heavy atom. The molecule has 1 aliphatic rings. The Bertz CT molecular complexity index is 2030. The first-order chi connectivity index (χ1) is 25.1. The minimum absolute atomic E-state index is 0.0249. The molecular formula is C51H59N. The average molecular weight is 686 g/mol. The molecule has 0 saturated heterocycles. The largest absolute Gasteiger partial charge is 0.336 e. The Morgan fingerprint density at radius 2 is 1.25 bits per heavy atom. The monoisotopic (exact) mass is 685 g/mol. The average Bonchev–Trinajstić information content (AvgIpc) is 3.17. The molecule has 1 heteroatoms. The van der Waals surface area contributed by atoms with E-state index >= 15 is 0 Å². The van der Waals surface area contributed by atoms with Gasteiger partial charge in [-0.05, 0) is 137 Å². The van der Waals surface area contributed by atoms with E-state index in [9.17, 15) is 0 Å². The molecule has 5 aromatic rings. The predicted octanol–water partition coefficient (Wildman–Crippen LogP) is 14.8. The van der Waals surface area contributed by atoms with Crippen LogP contribution in [0.15, 0.2) is 133 Å². The summed E-state index contributed by atoms with van der Waals surface area (Å²) < 4.78 is 0. The highest BCUT2D eigenvalue weighted by Gasteiger charge is 2.31. The van der Waals surface area contributed by atoms with Crippen LogP contribution in [-0.2, 0) is 18.3 Å². The first kappa shape index (κ1) is 37.1. The Hall–Kier alpha value is -4.62. The van der Waals surface area contributed by atoms with Crippen molar-refractivity contribution in [2.75, 3.05) is 4.90 Å². The van der Waals surface area contributed by atoms with Gasteiger partial charge in [-0.2, -0.15) is 0 Å². The maximum atomic E-state index is 3.99. The molecule has 1 unspecified atom stereocenters. The molecule has 5 aromatic carbocycles. The summed E-state index contributed by atoms with van der Waals surface area (Å²) in [6.07, 6.45) is 10.8. The van der Waals surface area contributed by atoms with Gasteiger partial charge in [0.15, 0.2) is 0 Å². The molecule has 6 rings (SSSR count). The van der Waals surface area contributed by atoms with Crippen molar-refractivity contribution in [3.63, 3.8) is 0 Å². The molecule has 0 radical (unpaired) electrons. The summed E-state index contributed by atoms with van der Waals surface area (Å²) >= 11 is 0. The van der Waals surface area contributed by atoms with Crippen LogP contribution in [0.3, 0.4) is 0 Å². The van der Waals surface area contributed by atoms with Gasteiger partial charge >= 0.3 is 0 Å². The van der Waals surface area contributed by atoms with E-state index in [1.165, 1.54) is 85.4 Å². The number of allylic oxidation sites excluding steroid dienone is 3. The molecule has 52 heavy (non-hydrogen) atoms. The van der Waals surface area contributed by atoms with Crippen LogP contribution in [0.1, 0.15) is 109 Å². The third-order valence-corrected chi connectivity index (χ3v) is 12.4. The highest BCUT2D eigenvalue weighted by atomic mass is 15.2. The van der Waals surface area contributed by atoms with Gasteiger partial charge in [0.2, 0.25) is 0 Å². The van der Waals surface area contributed by atoms with E-state index in [4.69, 9.17) is 0 Å². The van der Waals surface area contributed by atoms with Crippen LogP contribution < -0.4 is 4.90 Å². The van der Waals surface area contributed by atoms with E-state index in [0.717, 1.165) is 25.7 Å². The number of benzene rings is 5. The molecule has 0 bridgehead atoms. The predicted molar refractivity (Wildman–Crippen MR) is 228 cm³/mol. The van der Waals surface area contributed by atoms with Gasteiger partial charge < -0.3 is 4.90 Å². The summed E-state index contributed by atoms with van der Waals surface area (Å²) in [5.41, 5.74) is 17.3. The highest BCUT2D eigenvalue weighted by molar-refractivity contribution is 5.77. The van der Waals surface area contributed by atoms with Crippen molar-refractivity contribution in [2.24, 2.45) is 0 Å². The fourth-order valence-corrected chi connectivity index (χ4v) is 8.12. The lowest BCUT2D eigenvalue weighted by Crippen LogP contribution is -2.42. The highest BCUT2D eigenvalue weighted by Crippen LogP contribution is 2.42. The molecule has 0 amide bonds. The first-order valence-corrected chi connectivity index (χ1v) is 19.8. The number of hydrogen-bond acceptors (Lipinski definition) is 1. The fraction of sp³-hybridized carbons (Fsp3) is 0.333. The van der Waals surface area contributed by atoms with Gasteiger partial charge in [-0.15, -0.1) is 0 Å². The maximum absolute atomic E-state index is 3.99. The van der Waals surface area contributed by atoms with Gasteiger partial charge in [0.05, 0.1) is 0 Å². The van der Waals surface area contributed by atoms with Gasteiger partial charge in [-0.25, -0.2) is 0 Å². The molecule has 0 heterocycles. The van der Waals surface area contributed by atoms with Crippen LogP contribution in [0.2, 0.25) is 0 Å². The van der Waals surface area contributed by atoms with Gasteiger partial charge in [0.25, 0.3) is 0 Å². The van der Waals surface area contributed by atoms with Crippen LogP contribution in [-0.4, -0.2) is 5.54 Å². The number of anilines is 2. The van der Waals surface area contributed by atoms with Crippen LogP contribution in [0, 0.1) is 0 Å². The lowest BCUT2D eigenvalue weighted by Gasteiger charge is -2.42. The third kappa shape index (κ3) is 7.20. The van der Waals surface area contributed by atoms with E-state index in [1.807, 2.05) is 6.08 Å². The van der Waals surface area contributed by atoms with Crippen molar-refractivity contribution in [2.45, 2.75) is 111 Å². The Balaban J connectivity index is 1.32. The summed E-state index contributed by atoms with van der Waals surface area (Å²) in [6.45, 7) is 22.6. The Morgan fingerprint density at radius 1 is 0.673 bits per heavy atom. The SMILES string of the molecule is C=C/C=C(\CC)C(C)(C)c1ccc(-c2ccc(N(c3ccc(-c4cccc(-c5ccc6c(c5)CC6)c4)cc3)C(C)(CC)CC)cc2)c(C(C)CC)c1. The molecule has 1 nitrogen and oxygen atoms in total. The smallest absolute Gasteiger partial charge is 0.0418 e. The van der Waals surface area contributed by atoms with Crippen molar-refractivity contribution in [3.05, 3.63) is 156 Å². The maximum Gasteiger partial charge on any atom is 0.0418 e. The minimum Gasteiger partial charge on any atom is -0.336 e.